The van der Waals surface area contributed by atoms with Crippen molar-refractivity contribution < 1.29 is 13.2 Å². The van der Waals surface area contributed by atoms with E-state index in [1.165, 1.54) is 18.4 Å². The standard InChI is InChI=1S/C21H30N4O3S2/c1-15(2)16-8-10-17(11-9-16)19-14-29-21(23-19)25(18-6-4-5-7-18)13-12-22-20(26)24-30(3,27)28/h8-11,14-15,18H,4-7,12-13H2,1-3H3,(H2,22,24,26). The molecule has 9 heteroatoms. The summed E-state index contributed by atoms with van der Waals surface area (Å²) < 4.78 is 24.3. The van der Waals surface area contributed by atoms with Crippen LogP contribution in [-0.4, -0.2) is 44.8 Å². The molecule has 3 rings (SSSR count). The van der Waals surface area contributed by atoms with Gasteiger partial charge in [0.2, 0.25) is 10.0 Å². The first kappa shape index (κ1) is 22.6. The molecule has 0 aliphatic heterocycles. The van der Waals surface area contributed by atoms with Gasteiger partial charge in [-0.1, -0.05) is 51.0 Å². The van der Waals surface area contributed by atoms with Gasteiger partial charge >= 0.3 is 6.03 Å². The zero-order valence-corrected chi connectivity index (χ0v) is 19.4. The van der Waals surface area contributed by atoms with Crippen molar-refractivity contribution in [3.8, 4) is 11.3 Å². The van der Waals surface area contributed by atoms with Gasteiger partial charge in [0.05, 0.1) is 11.9 Å². The number of anilines is 1. The van der Waals surface area contributed by atoms with Crippen LogP contribution in [0.4, 0.5) is 9.93 Å². The molecule has 1 aliphatic rings. The molecule has 2 N–H and O–H groups in total. The molecule has 2 amide bonds. The van der Waals surface area contributed by atoms with Crippen LogP contribution in [0.1, 0.15) is 51.0 Å². The lowest BCUT2D eigenvalue weighted by Gasteiger charge is -2.28. The summed E-state index contributed by atoms with van der Waals surface area (Å²) in [6.07, 6.45) is 5.55. The predicted octanol–water partition coefficient (Wildman–Crippen LogP) is 3.94. The highest BCUT2D eigenvalue weighted by molar-refractivity contribution is 7.89. The minimum absolute atomic E-state index is 0.343. The zero-order valence-electron chi connectivity index (χ0n) is 17.7. The number of carbonyl (C=O) groups excluding carboxylic acids is 1. The van der Waals surface area contributed by atoms with Gasteiger partial charge in [-0.15, -0.1) is 11.3 Å². The number of sulfonamides is 1. The molecule has 1 aromatic heterocycles. The third-order valence-electron chi connectivity index (χ3n) is 5.29. The van der Waals surface area contributed by atoms with Crippen molar-refractivity contribution >= 4 is 32.5 Å². The first-order valence-corrected chi connectivity index (χ1v) is 13.1. The smallest absolute Gasteiger partial charge is 0.328 e. The van der Waals surface area contributed by atoms with E-state index in [0.29, 0.717) is 25.0 Å². The fourth-order valence-corrected chi connectivity index (χ4v) is 5.05. The third-order valence-corrected chi connectivity index (χ3v) is 6.73. The van der Waals surface area contributed by atoms with Crippen molar-refractivity contribution in [2.24, 2.45) is 0 Å². The van der Waals surface area contributed by atoms with Gasteiger partial charge in [0.1, 0.15) is 0 Å². The molecule has 1 saturated carbocycles. The van der Waals surface area contributed by atoms with E-state index in [2.05, 4.69) is 53.7 Å². The van der Waals surface area contributed by atoms with E-state index in [0.717, 1.165) is 35.5 Å². The number of amides is 2. The largest absolute Gasteiger partial charge is 0.343 e. The monoisotopic (exact) mass is 450 g/mol. The lowest BCUT2D eigenvalue weighted by molar-refractivity contribution is 0.246. The second-order valence-electron chi connectivity index (χ2n) is 8.05. The molecule has 1 heterocycles. The van der Waals surface area contributed by atoms with Crippen LogP contribution in [0, 0.1) is 0 Å². The van der Waals surface area contributed by atoms with E-state index in [4.69, 9.17) is 4.98 Å². The first-order chi connectivity index (χ1) is 14.2. The van der Waals surface area contributed by atoms with Crippen LogP contribution in [0.5, 0.6) is 0 Å². The lowest BCUT2D eigenvalue weighted by Crippen LogP contribution is -2.44. The molecular formula is C21H30N4O3S2. The van der Waals surface area contributed by atoms with Gasteiger partial charge < -0.3 is 10.2 Å². The Bertz CT molecular complexity index is 949. The number of nitrogens with one attached hydrogen (secondary N) is 2. The van der Waals surface area contributed by atoms with Crippen LogP contribution >= 0.6 is 11.3 Å². The van der Waals surface area contributed by atoms with E-state index in [1.54, 1.807) is 11.3 Å². The zero-order chi connectivity index (χ0) is 21.7. The summed E-state index contributed by atoms with van der Waals surface area (Å²) in [6, 6.07) is 8.23. The van der Waals surface area contributed by atoms with E-state index < -0.39 is 16.1 Å². The number of nitrogens with zero attached hydrogens (tertiary/aromatic N) is 2. The van der Waals surface area contributed by atoms with Crippen LogP contribution in [0.2, 0.25) is 0 Å². The molecule has 2 aromatic rings. The van der Waals surface area contributed by atoms with Crippen LogP contribution in [0.3, 0.4) is 0 Å². The Morgan fingerprint density at radius 3 is 2.50 bits per heavy atom. The van der Waals surface area contributed by atoms with Gasteiger partial charge in [-0.2, -0.15) is 0 Å². The van der Waals surface area contributed by atoms with E-state index in [1.807, 2.05) is 4.72 Å². The van der Waals surface area contributed by atoms with Crippen molar-refractivity contribution in [1.29, 1.82) is 0 Å². The second kappa shape index (κ2) is 9.78. The predicted molar refractivity (Wildman–Crippen MR) is 123 cm³/mol. The Morgan fingerprint density at radius 2 is 1.90 bits per heavy atom. The summed E-state index contributed by atoms with van der Waals surface area (Å²) in [6.45, 7) is 5.29. The molecule has 0 bridgehead atoms. The van der Waals surface area contributed by atoms with Gasteiger partial charge in [0.25, 0.3) is 0 Å². The minimum atomic E-state index is -3.56. The second-order valence-corrected chi connectivity index (χ2v) is 10.6. The normalized spacial score (nSPS) is 14.8. The van der Waals surface area contributed by atoms with Crippen molar-refractivity contribution in [1.82, 2.24) is 15.0 Å². The average molecular weight is 451 g/mol. The fourth-order valence-electron chi connectivity index (χ4n) is 3.71. The van der Waals surface area contributed by atoms with Crippen LogP contribution < -0.4 is 14.9 Å². The number of thiazole rings is 1. The van der Waals surface area contributed by atoms with Gasteiger partial charge in [0.15, 0.2) is 5.13 Å². The number of rotatable bonds is 8. The highest BCUT2D eigenvalue weighted by Gasteiger charge is 2.25. The van der Waals surface area contributed by atoms with Crippen molar-refractivity contribution in [3.05, 3.63) is 35.2 Å². The molecular weight excluding hydrogens is 420 g/mol. The SMILES string of the molecule is CC(C)c1ccc(-c2csc(N(CCNC(=O)NS(C)(=O)=O)C3CCCC3)n2)cc1. The summed E-state index contributed by atoms with van der Waals surface area (Å²) >= 11 is 1.61. The Labute approximate surface area is 183 Å². The summed E-state index contributed by atoms with van der Waals surface area (Å²) in [5.74, 6) is 0.496. The minimum Gasteiger partial charge on any atom is -0.343 e. The number of hydrogen-bond acceptors (Lipinski definition) is 6. The molecule has 1 fully saturated rings. The molecule has 30 heavy (non-hydrogen) atoms. The quantitative estimate of drug-likeness (QED) is 0.636. The Morgan fingerprint density at radius 1 is 1.23 bits per heavy atom. The third kappa shape index (κ3) is 6.18. The van der Waals surface area contributed by atoms with E-state index in [9.17, 15) is 13.2 Å². The molecule has 0 spiro atoms. The maximum absolute atomic E-state index is 11.7. The molecule has 0 atom stereocenters. The van der Waals surface area contributed by atoms with E-state index in [-0.39, 0.29) is 0 Å². The Hall–Kier alpha value is -2.13. The topological polar surface area (TPSA) is 91.4 Å². The molecule has 0 saturated heterocycles. The van der Waals surface area contributed by atoms with Crippen molar-refractivity contribution in [2.45, 2.75) is 51.5 Å². The fraction of sp³-hybridized carbons (Fsp3) is 0.524. The summed E-state index contributed by atoms with van der Waals surface area (Å²) in [5, 5.41) is 5.64. The number of carbonyl (C=O) groups is 1. The lowest BCUT2D eigenvalue weighted by atomic mass is 10.0. The average Bonchev–Trinajstić information content (AvgIpc) is 3.36. The van der Waals surface area contributed by atoms with Gasteiger partial charge in [-0.25, -0.2) is 22.9 Å². The van der Waals surface area contributed by atoms with Gasteiger partial charge in [-0.3, -0.25) is 0 Å². The van der Waals surface area contributed by atoms with Crippen LogP contribution in [0.25, 0.3) is 11.3 Å². The Balaban J connectivity index is 1.69. The maximum Gasteiger partial charge on any atom is 0.328 e. The van der Waals surface area contributed by atoms with Crippen LogP contribution in [-0.2, 0) is 10.0 Å². The van der Waals surface area contributed by atoms with Gasteiger partial charge in [-0.05, 0) is 24.3 Å². The Kier molecular flexibility index (Phi) is 7.36. The summed E-state index contributed by atoms with van der Waals surface area (Å²) in [5.41, 5.74) is 3.36. The summed E-state index contributed by atoms with van der Waals surface area (Å²) in [7, 11) is -3.56. The highest BCUT2D eigenvalue weighted by Crippen LogP contribution is 2.33. The molecule has 1 aromatic carbocycles. The number of benzene rings is 1. The highest BCUT2D eigenvalue weighted by atomic mass is 32.2. The summed E-state index contributed by atoms with van der Waals surface area (Å²) in [4.78, 5) is 18.9. The van der Waals surface area contributed by atoms with Crippen molar-refractivity contribution in [3.63, 3.8) is 0 Å². The molecule has 164 valence electrons. The number of urea groups is 1. The number of hydrogen-bond donors (Lipinski definition) is 2. The van der Waals surface area contributed by atoms with Crippen molar-refractivity contribution in [2.75, 3.05) is 24.2 Å². The maximum atomic E-state index is 11.7. The molecule has 1 aliphatic carbocycles. The molecule has 7 nitrogen and oxygen atoms in total. The van der Waals surface area contributed by atoms with Crippen LogP contribution in [0.15, 0.2) is 29.6 Å². The first-order valence-electron chi connectivity index (χ1n) is 10.3. The number of aromatic nitrogens is 1. The molecule has 0 radical (unpaired) electrons. The van der Waals surface area contributed by atoms with E-state index >= 15 is 0 Å². The van der Waals surface area contributed by atoms with Gasteiger partial charge in [0, 0.05) is 30.1 Å². The molecule has 0 unspecified atom stereocenters.